The SMILES string of the molecule is CCC(CC)C(=O)N[C@H](C(=O)N[C@@H](CC(=O)N1CCCC1)C(=O)N[C@@H](CC(=O)O)C(=O)N[C@@H](CC(C)C)C(=O)O)C(C)C. The largest absolute Gasteiger partial charge is 0.481 e. The third-order valence-electron chi connectivity index (χ3n) is 7.41. The molecule has 1 rings (SSSR count). The highest BCUT2D eigenvalue weighted by molar-refractivity contribution is 5.98. The highest BCUT2D eigenvalue weighted by atomic mass is 16.4. The molecule has 6 N–H and O–H groups in total. The number of hydrogen-bond acceptors (Lipinski definition) is 7. The molecule has 0 bridgehead atoms. The number of rotatable bonds is 18. The zero-order valence-corrected chi connectivity index (χ0v) is 26.1. The van der Waals surface area contributed by atoms with Gasteiger partial charge in [0.2, 0.25) is 29.5 Å². The minimum absolute atomic E-state index is 0.0665. The molecular formula is C29H49N5O9. The van der Waals surface area contributed by atoms with Gasteiger partial charge in [0, 0.05) is 19.0 Å². The first-order valence-electron chi connectivity index (χ1n) is 15.0. The van der Waals surface area contributed by atoms with Crippen LogP contribution in [-0.4, -0.2) is 93.8 Å². The zero-order valence-electron chi connectivity index (χ0n) is 26.1. The normalized spacial score (nSPS) is 15.9. The van der Waals surface area contributed by atoms with Crippen molar-refractivity contribution in [1.29, 1.82) is 0 Å². The van der Waals surface area contributed by atoms with E-state index in [0.717, 1.165) is 12.8 Å². The number of likely N-dealkylation sites (tertiary alicyclic amines) is 1. The Kier molecular flexibility index (Phi) is 15.7. The van der Waals surface area contributed by atoms with Crippen LogP contribution in [0.1, 0.15) is 86.5 Å². The molecule has 1 aliphatic rings. The maximum absolute atomic E-state index is 13.5. The number of hydrogen-bond donors (Lipinski definition) is 6. The first-order valence-corrected chi connectivity index (χ1v) is 15.0. The lowest BCUT2D eigenvalue weighted by Crippen LogP contribution is -2.59. The summed E-state index contributed by atoms with van der Waals surface area (Å²) >= 11 is 0. The molecule has 4 atom stereocenters. The first-order chi connectivity index (χ1) is 20.1. The third-order valence-corrected chi connectivity index (χ3v) is 7.41. The van der Waals surface area contributed by atoms with Crippen molar-refractivity contribution in [3.8, 4) is 0 Å². The van der Waals surface area contributed by atoms with E-state index in [9.17, 15) is 43.8 Å². The topological polar surface area (TPSA) is 211 Å². The maximum atomic E-state index is 13.5. The molecule has 1 aliphatic heterocycles. The molecule has 43 heavy (non-hydrogen) atoms. The average molecular weight is 612 g/mol. The third kappa shape index (κ3) is 12.6. The smallest absolute Gasteiger partial charge is 0.326 e. The summed E-state index contributed by atoms with van der Waals surface area (Å²) in [5.74, 6) is -7.03. The van der Waals surface area contributed by atoms with Crippen LogP contribution in [-0.2, 0) is 33.6 Å². The van der Waals surface area contributed by atoms with Gasteiger partial charge in [-0.15, -0.1) is 0 Å². The Morgan fingerprint density at radius 1 is 0.674 bits per heavy atom. The highest BCUT2D eigenvalue weighted by Gasteiger charge is 2.35. The number of carboxylic acid groups (broad SMARTS) is 2. The molecular weight excluding hydrogens is 562 g/mol. The predicted molar refractivity (Wildman–Crippen MR) is 156 cm³/mol. The van der Waals surface area contributed by atoms with Gasteiger partial charge in [0.15, 0.2) is 0 Å². The van der Waals surface area contributed by atoms with Crippen LogP contribution in [0.2, 0.25) is 0 Å². The fourth-order valence-electron chi connectivity index (χ4n) is 4.83. The van der Waals surface area contributed by atoms with Crippen molar-refractivity contribution in [2.24, 2.45) is 17.8 Å². The number of amides is 5. The van der Waals surface area contributed by atoms with E-state index in [-0.39, 0.29) is 30.1 Å². The number of nitrogens with one attached hydrogen (secondary N) is 4. The van der Waals surface area contributed by atoms with E-state index in [1.54, 1.807) is 32.6 Å². The summed E-state index contributed by atoms with van der Waals surface area (Å²) in [4.78, 5) is 90.3. The van der Waals surface area contributed by atoms with Crippen molar-refractivity contribution in [3.05, 3.63) is 0 Å². The Bertz CT molecular complexity index is 1010. The molecule has 0 saturated carbocycles. The Morgan fingerprint density at radius 3 is 1.60 bits per heavy atom. The second-order valence-corrected chi connectivity index (χ2v) is 11.8. The van der Waals surface area contributed by atoms with Gasteiger partial charge in [-0.1, -0.05) is 41.5 Å². The zero-order chi connectivity index (χ0) is 32.9. The van der Waals surface area contributed by atoms with E-state index in [0.29, 0.717) is 25.9 Å². The van der Waals surface area contributed by atoms with E-state index in [1.165, 1.54) is 0 Å². The average Bonchev–Trinajstić information content (AvgIpc) is 3.45. The standard InChI is InChI=1S/C29H49N5O9/c1-7-18(8-2)25(38)33-24(17(5)6)28(41)31-19(14-22(35)34-11-9-10-12-34)26(39)30-20(15-23(36)37)27(40)32-21(29(42)43)13-16(3)4/h16-21,24H,7-15H2,1-6H3,(H,30,39)(H,31,41)(H,32,40)(H,33,38)(H,36,37)(H,42,43)/t19-,20-,21-,24-/m0/s1. The second kappa shape index (κ2) is 18.1. The van der Waals surface area contributed by atoms with Gasteiger partial charge < -0.3 is 36.4 Å². The number of carboxylic acids is 2. The molecule has 0 unspecified atom stereocenters. The highest BCUT2D eigenvalue weighted by Crippen LogP contribution is 2.13. The molecule has 0 aromatic carbocycles. The monoisotopic (exact) mass is 611 g/mol. The van der Waals surface area contributed by atoms with Crippen molar-refractivity contribution in [2.45, 2.75) is 111 Å². The minimum Gasteiger partial charge on any atom is -0.481 e. The van der Waals surface area contributed by atoms with Crippen LogP contribution in [0.25, 0.3) is 0 Å². The van der Waals surface area contributed by atoms with Crippen LogP contribution in [0.15, 0.2) is 0 Å². The summed E-state index contributed by atoms with van der Waals surface area (Å²) in [7, 11) is 0. The van der Waals surface area contributed by atoms with E-state index < -0.39 is 72.6 Å². The molecule has 244 valence electrons. The predicted octanol–water partition coefficient (Wildman–Crippen LogP) is 0.636. The van der Waals surface area contributed by atoms with Crippen molar-refractivity contribution in [1.82, 2.24) is 26.2 Å². The quantitative estimate of drug-likeness (QED) is 0.128. The summed E-state index contributed by atoms with van der Waals surface area (Å²) in [6.45, 7) is 11.6. The maximum Gasteiger partial charge on any atom is 0.326 e. The molecule has 5 amide bonds. The van der Waals surface area contributed by atoms with Crippen LogP contribution >= 0.6 is 0 Å². The molecule has 1 heterocycles. The molecule has 1 saturated heterocycles. The van der Waals surface area contributed by atoms with Gasteiger partial charge in [-0.25, -0.2) is 4.79 Å². The van der Waals surface area contributed by atoms with Crippen molar-refractivity contribution in [3.63, 3.8) is 0 Å². The fourth-order valence-corrected chi connectivity index (χ4v) is 4.83. The fraction of sp³-hybridized carbons (Fsp3) is 0.759. The van der Waals surface area contributed by atoms with E-state index in [4.69, 9.17) is 0 Å². The van der Waals surface area contributed by atoms with E-state index in [1.807, 2.05) is 13.8 Å². The molecule has 0 radical (unpaired) electrons. The van der Waals surface area contributed by atoms with Gasteiger partial charge in [0.25, 0.3) is 0 Å². The molecule has 0 aliphatic carbocycles. The van der Waals surface area contributed by atoms with Gasteiger partial charge in [-0.3, -0.25) is 28.8 Å². The summed E-state index contributed by atoms with van der Waals surface area (Å²) in [5, 5.41) is 28.7. The van der Waals surface area contributed by atoms with Crippen molar-refractivity contribution < 1.29 is 43.8 Å². The van der Waals surface area contributed by atoms with Crippen LogP contribution in [0, 0.1) is 17.8 Å². The Hall–Kier alpha value is -3.71. The second-order valence-electron chi connectivity index (χ2n) is 11.8. The minimum atomic E-state index is -1.68. The Labute approximate surface area is 253 Å². The van der Waals surface area contributed by atoms with E-state index >= 15 is 0 Å². The van der Waals surface area contributed by atoms with Gasteiger partial charge >= 0.3 is 11.9 Å². The van der Waals surface area contributed by atoms with Crippen LogP contribution in [0.4, 0.5) is 0 Å². The lowest BCUT2D eigenvalue weighted by Gasteiger charge is -2.28. The molecule has 1 fully saturated rings. The Morgan fingerprint density at radius 2 is 1.16 bits per heavy atom. The molecule has 14 nitrogen and oxygen atoms in total. The first kappa shape index (κ1) is 37.3. The van der Waals surface area contributed by atoms with Gasteiger partial charge in [-0.05, 0) is 43.9 Å². The van der Waals surface area contributed by atoms with Crippen LogP contribution in [0.3, 0.4) is 0 Å². The van der Waals surface area contributed by atoms with Crippen LogP contribution < -0.4 is 21.3 Å². The summed E-state index contributed by atoms with van der Waals surface area (Å²) < 4.78 is 0. The Balaban J connectivity index is 3.25. The summed E-state index contributed by atoms with van der Waals surface area (Å²) in [6.07, 6.45) is 1.44. The van der Waals surface area contributed by atoms with Gasteiger partial charge in [0.1, 0.15) is 24.2 Å². The lowest BCUT2D eigenvalue weighted by atomic mass is 9.98. The molecule has 0 spiro atoms. The summed E-state index contributed by atoms with van der Waals surface area (Å²) in [6, 6.07) is -5.54. The number of carbonyl (C=O) groups excluding carboxylic acids is 5. The van der Waals surface area contributed by atoms with Gasteiger partial charge in [-0.2, -0.15) is 0 Å². The molecule has 0 aromatic heterocycles. The molecule has 14 heteroatoms. The van der Waals surface area contributed by atoms with Crippen molar-refractivity contribution in [2.75, 3.05) is 13.1 Å². The summed E-state index contributed by atoms with van der Waals surface area (Å²) in [5.41, 5.74) is 0. The number of aliphatic carboxylic acids is 2. The number of nitrogens with zero attached hydrogens (tertiary/aromatic N) is 1. The van der Waals surface area contributed by atoms with Gasteiger partial charge in [0.05, 0.1) is 12.8 Å². The number of carbonyl (C=O) groups is 7. The lowest BCUT2D eigenvalue weighted by molar-refractivity contribution is -0.144. The van der Waals surface area contributed by atoms with E-state index in [2.05, 4.69) is 21.3 Å². The molecule has 0 aromatic rings. The van der Waals surface area contributed by atoms with Crippen molar-refractivity contribution >= 4 is 41.5 Å². The van der Waals surface area contributed by atoms with Crippen LogP contribution in [0.5, 0.6) is 0 Å².